The maximum Gasteiger partial charge on any atom is 0.335 e. The van der Waals surface area contributed by atoms with Gasteiger partial charge in [-0.1, -0.05) is 19.4 Å². The minimum absolute atomic E-state index is 0.323. The van der Waals surface area contributed by atoms with E-state index in [0.717, 1.165) is 19.3 Å². The molecule has 1 fully saturated rings. The van der Waals surface area contributed by atoms with Crippen LogP contribution in [0.25, 0.3) is 0 Å². The highest BCUT2D eigenvalue weighted by Gasteiger charge is 2.42. The topological polar surface area (TPSA) is 46.5 Å². The van der Waals surface area contributed by atoms with Gasteiger partial charge in [0, 0.05) is 0 Å². The third kappa shape index (κ3) is 2.81. The summed E-state index contributed by atoms with van der Waals surface area (Å²) in [5, 5.41) is 9.22. The average molecular weight is 212 g/mol. The number of hydrogen-bond donors (Lipinski definition) is 1. The van der Waals surface area contributed by atoms with E-state index in [4.69, 9.17) is 4.74 Å². The maximum absolute atomic E-state index is 11.2. The van der Waals surface area contributed by atoms with E-state index in [1.807, 2.05) is 0 Å². The Kier molecular flexibility index (Phi) is 4.33. The molecule has 0 unspecified atom stereocenters. The smallest absolute Gasteiger partial charge is 0.335 e. The summed E-state index contributed by atoms with van der Waals surface area (Å²) in [6.45, 7) is 6.03. The van der Waals surface area contributed by atoms with Crippen molar-refractivity contribution in [3.8, 4) is 0 Å². The zero-order valence-corrected chi connectivity index (χ0v) is 9.37. The van der Waals surface area contributed by atoms with Gasteiger partial charge in [0.05, 0.1) is 6.61 Å². The number of carboxylic acids is 1. The van der Waals surface area contributed by atoms with E-state index in [1.165, 1.54) is 0 Å². The highest BCUT2D eigenvalue weighted by atomic mass is 16.5. The summed E-state index contributed by atoms with van der Waals surface area (Å²) >= 11 is 0. The van der Waals surface area contributed by atoms with Crippen LogP contribution in [0.3, 0.4) is 0 Å². The van der Waals surface area contributed by atoms with Gasteiger partial charge in [0.2, 0.25) is 0 Å². The molecule has 1 rings (SSSR count). The molecule has 0 aliphatic heterocycles. The van der Waals surface area contributed by atoms with Gasteiger partial charge in [0.1, 0.15) is 0 Å². The van der Waals surface area contributed by atoms with Gasteiger partial charge < -0.3 is 9.84 Å². The van der Waals surface area contributed by atoms with Crippen LogP contribution < -0.4 is 0 Å². The van der Waals surface area contributed by atoms with Crippen molar-refractivity contribution in [3.63, 3.8) is 0 Å². The summed E-state index contributed by atoms with van der Waals surface area (Å²) in [4.78, 5) is 11.2. The maximum atomic E-state index is 11.2. The molecule has 0 aromatic rings. The zero-order valence-electron chi connectivity index (χ0n) is 9.37. The van der Waals surface area contributed by atoms with Crippen LogP contribution in [0.4, 0.5) is 0 Å². The second-order valence-corrected chi connectivity index (χ2v) is 4.25. The fourth-order valence-electron chi connectivity index (χ4n) is 2.19. The van der Waals surface area contributed by atoms with E-state index in [2.05, 4.69) is 13.5 Å². The molecule has 15 heavy (non-hydrogen) atoms. The van der Waals surface area contributed by atoms with Crippen LogP contribution in [0.2, 0.25) is 0 Å². The molecule has 0 saturated heterocycles. The lowest BCUT2D eigenvalue weighted by atomic mass is 9.77. The minimum atomic E-state index is -0.945. The Morgan fingerprint density at radius 2 is 2.20 bits per heavy atom. The Balaban J connectivity index is 2.60. The van der Waals surface area contributed by atoms with Crippen molar-refractivity contribution in [1.29, 1.82) is 0 Å². The lowest BCUT2D eigenvalue weighted by molar-refractivity contribution is -0.170. The number of aliphatic carboxylic acids is 1. The molecule has 0 spiro atoms. The normalized spacial score (nSPS) is 31.1. The van der Waals surface area contributed by atoms with Gasteiger partial charge in [-0.2, -0.15) is 0 Å². The lowest BCUT2D eigenvalue weighted by Crippen LogP contribution is -2.44. The number of carboxylic acid groups (broad SMARTS) is 1. The van der Waals surface area contributed by atoms with Gasteiger partial charge in [-0.3, -0.25) is 0 Å². The quantitative estimate of drug-likeness (QED) is 0.712. The van der Waals surface area contributed by atoms with E-state index < -0.39 is 11.6 Å². The Hall–Kier alpha value is -0.830. The molecule has 3 heteroatoms. The highest BCUT2D eigenvalue weighted by molar-refractivity contribution is 5.77. The molecule has 0 aromatic carbocycles. The Labute approximate surface area is 91.1 Å². The Morgan fingerprint density at radius 1 is 1.60 bits per heavy atom. The molecule has 86 valence electrons. The first-order valence-electron chi connectivity index (χ1n) is 5.63. The third-order valence-electron chi connectivity index (χ3n) is 3.36. The number of hydrogen-bond acceptors (Lipinski definition) is 2. The molecule has 0 amide bonds. The van der Waals surface area contributed by atoms with Crippen molar-refractivity contribution in [3.05, 3.63) is 12.7 Å². The number of rotatable bonds is 5. The van der Waals surface area contributed by atoms with Gasteiger partial charge >= 0.3 is 5.97 Å². The Morgan fingerprint density at radius 3 is 2.60 bits per heavy atom. The van der Waals surface area contributed by atoms with Crippen molar-refractivity contribution >= 4 is 5.97 Å². The summed E-state index contributed by atoms with van der Waals surface area (Å²) in [6, 6.07) is 0. The lowest BCUT2D eigenvalue weighted by Gasteiger charge is -2.36. The molecule has 3 nitrogen and oxygen atoms in total. The van der Waals surface area contributed by atoms with Gasteiger partial charge in [-0.05, 0) is 31.6 Å². The van der Waals surface area contributed by atoms with Gasteiger partial charge in [0.15, 0.2) is 5.60 Å². The van der Waals surface area contributed by atoms with Crippen molar-refractivity contribution in [1.82, 2.24) is 0 Å². The molecule has 1 N–H and O–H groups in total. The van der Waals surface area contributed by atoms with Gasteiger partial charge in [-0.25, -0.2) is 4.79 Å². The first kappa shape index (κ1) is 12.2. The van der Waals surface area contributed by atoms with Crippen LogP contribution in [0, 0.1) is 5.92 Å². The molecule has 0 radical (unpaired) electrons. The monoisotopic (exact) mass is 212 g/mol. The van der Waals surface area contributed by atoms with E-state index >= 15 is 0 Å². The summed E-state index contributed by atoms with van der Waals surface area (Å²) in [5.74, 6) is -0.149. The predicted octanol–water partition coefficient (Wildman–Crippen LogP) is 2.61. The fraction of sp³-hybridized carbons (Fsp3) is 0.750. The average Bonchev–Trinajstić information content (AvgIpc) is 2.27. The SMILES string of the molecule is C=CCOC1(C(=O)O)CCC(CC)CC1. The molecule has 1 aliphatic rings. The zero-order chi connectivity index (χ0) is 11.3. The molecule has 0 bridgehead atoms. The van der Waals surface area contributed by atoms with Crippen molar-refractivity contribution in [2.24, 2.45) is 5.92 Å². The standard InChI is InChI=1S/C12H20O3/c1-3-9-15-12(11(13)14)7-5-10(4-2)6-8-12/h3,10H,1,4-9H2,2H3,(H,13,14). The fourth-order valence-corrected chi connectivity index (χ4v) is 2.19. The Bertz CT molecular complexity index is 227. The van der Waals surface area contributed by atoms with Crippen molar-refractivity contribution in [2.45, 2.75) is 44.6 Å². The van der Waals surface area contributed by atoms with E-state index in [1.54, 1.807) is 6.08 Å². The highest BCUT2D eigenvalue weighted by Crippen LogP contribution is 2.36. The first-order chi connectivity index (χ1) is 7.14. The number of ether oxygens (including phenoxy) is 1. The molecule has 1 saturated carbocycles. The summed E-state index contributed by atoms with van der Waals surface area (Å²) in [5.41, 5.74) is -0.945. The molecule has 0 atom stereocenters. The predicted molar refractivity (Wildman–Crippen MR) is 58.8 cm³/mol. The first-order valence-corrected chi connectivity index (χ1v) is 5.63. The van der Waals surface area contributed by atoms with Crippen molar-refractivity contribution in [2.75, 3.05) is 6.61 Å². The van der Waals surface area contributed by atoms with Gasteiger partial charge in [0.25, 0.3) is 0 Å². The van der Waals surface area contributed by atoms with Crippen molar-refractivity contribution < 1.29 is 14.6 Å². The van der Waals surface area contributed by atoms with Crippen LogP contribution in [0.15, 0.2) is 12.7 Å². The van der Waals surface area contributed by atoms with Gasteiger partial charge in [-0.15, -0.1) is 6.58 Å². The van der Waals surface area contributed by atoms with E-state index in [9.17, 15) is 9.90 Å². The second kappa shape index (κ2) is 5.31. The largest absolute Gasteiger partial charge is 0.479 e. The number of carbonyl (C=O) groups is 1. The second-order valence-electron chi connectivity index (χ2n) is 4.25. The van der Waals surface area contributed by atoms with E-state index in [0.29, 0.717) is 25.4 Å². The molecular weight excluding hydrogens is 192 g/mol. The summed E-state index contributed by atoms with van der Waals surface area (Å²) < 4.78 is 5.46. The van der Waals surface area contributed by atoms with Crippen LogP contribution in [-0.4, -0.2) is 23.3 Å². The van der Waals surface area contributed by atoms with Crippen LogP contribution in [0.5, 0.6) is 0 Å². The van der Waals surface area contributed by atoms with Crippen LogP contribution >= 0.6 is 0 Å². The minimum Gasteiger partial charge on any atom is -0.479 e. The van der Waals surface area contributed by atoms with Crippen LogP contribution in [0.1, 0.15) is 39.0 Å². The molecule has 0 heterocycles. The summed E-state index contributed by atoms with van der Waals surface area (Å²) in [6.07, 6.45) is 5.93. The molecule has 0 aromatic heterocycles. The van der Waals surface area contributed by atoms with E-state index in [-0.39, 0.29) is 0 Å². The third-order valence-corrected chi connectivity index (χ3v) is 3.36. The molecule has 1 aliphatic carbocycles. The molecular formula is C12H20O3. The summed E-state index contributed by atoms with van der Waals surface area (Å²) in [7, 11) is 0. The van der Waals surface area contributed by atoms with Crippen LogP contribution in [-0.2, 0) is 9.53 Å².